The van der Waals surface area contributed by atoms with Crippen LogP contribution in [0.5, 0.6) is 0 Å². The number of amides is 2. The molecule has 0 unspecified atom stereocenters. The van der Waals surface area contributed by atoms with Gasteiger partial charge in [-0.2, -0.15) is 0 Å². The zero-order chi connectivity index (χ0) is 17.9. The van der Waals surface area contributed by atoms with Crippen LogP contribution in [0.1, 0.15) is 29.2 Å². The Bertz CT molecular complexity index is 761. The Kier molecular flexibility index (Phi) is 5.39. The Balaban J connectivity index is 2.20. The lowest BCUT2D eigenvalue weighted by Crippen LogP contribution is -2.36. The smallest absolute Gasteiger partial charge is 0.244 e. The summed E-state index contributed by atoms with van der Waals surface area (Å²) >= 11 is 0. The van der Waals surface area contributed by atoms with E-state index in [2.05, 4.69) is 5.32 Å². The molecule has 0 heterocycles. The highest BCUT2D eigenvalue weighted by Gasteiger charge is 2.17. The standard InChI is InChI=1S/C20H24N2O2/c1-13-6-7-16(4)19(11-13)21-20(24)12-22(17(5)23)18-9-14(2)8-15(3)10-18/h6-11H,12H2,1-5H3,(H,21,24). The molecule has 2 rings (SSSR count). The molecule has 2 aromatic rings. The van der Waals surface area contributed by atoms with Gasteiger partial charge in [0.2, 0.25) is 11.8 Å². The highest BCUT2D eigenvalue weighted by molar-refractivity contribution is 6.02. The Morgan fingerprint density at radius 1 is 0.917 bits per heavy atom. The molecule has 0 aromatic heterocycles. The summed E-state index contributed by atoms with van der Waals surface area (Å²) in [6.45, 7) is 9.35. The lowest BCUT2D eigenvalue weighted by atomic mass is 10.1. The van der Waals surface area contributed by atoms with Crippen molar-refractivity contribution in [1.29, 1.82) is 0 Å². The van der Waals surface area contributed by atoms with Gasteiger partial charge in [-0.25, -0.2) is 0 Å². The fraction of sp³-hybridized carbons (Fsp3) is 0.300. The van der Waals surface area contributed by atoms with Gasteiger partial charge < -0.3 is 10.2 Å². The second-order valence-corrected chi connectivity index (χ2v) is 6.32. The molecule has 0 saturated carbocycles. The van der Waals surface area contributed by atoms with Gasteiger partial charge in [0.15, 0.2) is 0 Å². The van der Waals surface area contributed by atoms with Crippen LogP contribution in [0.4, 0.5) is 11.4 Å². The van der Waals surface area contributed by atoms with E-state index in [9.17, 15) is 9.59 Å². The largest absolute Gasteiger partial charge is 0.324 e. The van der Waals surface area contributed by atoms with Crippen LogP contribution in [-0.4, -0.2) is 18.4 Å². The first-order valence-electron chi connectivity index (χ1n) is 8.00. The van der Waals surface area contributed by atoms with E-state index in [4.69, 9.17) is 0 Å². The minimum Gasteiger partial charge on any atom is -0.324 e. The highest BCUT2D eigenvalue weighted by Crippen LogP contribution is 2.20. The fourth-order valence-corrected chi connectivity index (χ4v) is 2.69. The van der Waals surface area contributed by atoms with Crippen LogP contribution in [0.2, 0.25) is 0 Å². The van der Waals surface area contributed by atoms with Gasteiger partial charge in [0, 0.05) is 18.3 Å². The number of nitrogens with one attached hydrogen (secondary N) is 1. The lowest BCUT2D eigenvalue weighted by Gasteiger charge is -2.22. The van der Waals surface area contributed by atoms with E-state index in [-0.39, 0.29) is 18.4 Å². The molecule has 1 N–H and O–H groups in total. The minimum atomic E-state index is -0.210. The topological polar surface area (TPSA) is 49.4 Å². The number of hydrogen-bond donors (Lipinski definition) is 1. The first-order valence-corrected chi connectivity index (χ1v) is 8.00. The average Bonchev–Trinajstić information content (AvgIpc) is 2.47. The van der Waals surface area contributed by atoms with Crippen LogP contribution in [0.25, 0.3) is 0 Å². The molecule has 4 nitrogen and oxygen atoms in total. The third-order valence-corrected chi connectivity index (χ3v) is 3.87. The number of benzene rings is 2. The Hall–Kier alpha value is -2.62. The molecule has 2 amide bonds. The van der Waals surface area contributed by atoms with Crippen molar-refractivity contribution in [2.45, 2.75) is 34.6 Å². The average molecular weight is 324 g/mol. The van der Waals surface area contributed by atoms with Crippen LogP contribution >= 0.6 is 0 Å². The van der Waals surface area contributed by atoms with E-state index in [1.165, 1.54) is 11.8 Å². The predicted molar refractivity (Wildman–Crippen MR) is 98.5 cm³/mol. The third-order valence-electron chi connectivity index (χ3n) is 3.87. The molecule has 0 bridgehead atoms. The summed E-state index contributed by atoms with van der Waals surface area (Å²) in [4.78, 5) is 26.0. The maximum atomic E-state index is 12.4. The van der Waals surface area contributed by atoms with Gasteiger partial charge >= 0.3 is 0 Å². The Morgan fingerprint density at radius 2 is 1.54 bits per heavy atom. The van der Waals surface area contributed by atoms with Gasteiger partial charge in [-0.1, -0.05) is 18.2 Å². The maximum Gasteiger partial charge on any atom is 0.244 e. The van der Waals surface area contributed by atoms with Crippen molar-refractivity contribution in [3.8, 4) is 0 Å². The summed E-state index contributed by atoms with van der Waals surface area (Å²) in [5.41, 5.74) is 5.72. The van der Waals surface area contributed by atoms with Gasteiger partial charge in [0.25, 0.3) is 0 Å². The van der Waals surface area contributed by atoms with E-state index >= 15 is 0 Å². The SMILES string of the molecule is CC(=O)N(CC(=O)Nc1cc(C)ccc1C)c1cc(C)cc(C)c1. The molecule has 126 valence electrons. The lowest BCUT2D eigenvalue weighted by molar-refractivity contribution is -0.120. The summed E-state index contributed by atoms with van der Waals surface area (Å²) < 4.78 is 0. The van der Waals surface area contributed by atoms with Crippen molar-refractivity contribution in [2.24, 2.45) is 0 Å². The van der Waals surface area contributed by atoms with E-state index in [0.29, 0.717) is 0 Å². The molecular weight excluding hydrogens is 300 g/mol. The van der Waals surface area contributed by atoms with Gasteiger partial charge in [-0.3, -0.25) is 9.59 Å². The molecule has 0 aliphatic rings. The van der Waals surface area contributed by atoms with Crippen LogP contribution in [0.15, 0.2) is 36.4 Å². The molecule has 0 radical (unpaired) electrons. The molecule has 2 aromatic carbocycles. The number of aryl methyl sites for hydroxylation is 4. The van der Waals surface area contributed by atoms with Crippen molar-refractivity contribution in [1.82, 2.24) is 0 Å². The molecule has 0 atom stereocenters. The third kappa shape index (κ3) is 4.44. The van der Waals surface area contributed by atoms with E-state index in [0.717, 1.165) is 33.6 Å². The van der Waals surface area contributed by atoms with E-state index in [1.807, 2.05) is 64.1 Å². The monoisotopic (exact) mass is 324 g/mol. The molecule has 0 aliphatic carbocycles. The quantitative estimate of drug-likeness (QED) is 0.927. The molecule has 0 spiro atoms. The van der Waals surface area contributed by atoms with Gasteiger partial charge in [-0.05, 0) is 68.1 Å². The number of carbonyl (C=O) groups excluding carboxylic acids is 2. The molecule has 0 aliphatic heterocycles. The second kappa shape index (κ2) is 7.30. The number of nitrogens with zero attached hydrogens (tertiary/aromatic N) is 1. The fourth-order valence-electron chi connectivity index (χ4n) is 2.69. The van der Waals surface area contributed by atoms with E-state index in [1.54, 1.807) is 0 Å². The minimum absolute atomic E-state index is 0.00832. The Morgan fingerprint density at radius 3 is 2.12 bits per heavy atom. The van der Waals surface area contributed by atoms with Crippen molar-refractivity contribution in [3.05, 3.63) is 58.7 Å². The number of hydrogen-bond acceptors (Lipinski definition) is 2. The van der Waals surface area contributed by atoms with Crippen LogP contribution in [-0.2, 0) is 9.59 Å². The summed E-state index contributed by atoms with van der Waals surface area (Å²) in [5, 5.41) is 2.90. The van der Waals surface area contributed by atoms with Crippen molar-refractivity contribution in [3.63, 3.8) is 0 Å². The summed E-state index contributed by atoms with van der Waals surface area (Å²) in [7, 11) is 0. The van der Waals surface area contributed by atoms with Crippen molar-refractivity contribution >= 4 is 23.2 Å². The van der Waals surface area contributed by atoms with Crippen LogP contribution in [0, 0.1) is 27.7 Å². The number of anilines is 2. The molecule has 0 saturated heterocycles. The van der Waals surface area contributed by atoms with Gasteiger partial charge in [0.1, 0.15) is 6.54 Å². The van der Waals surface area contributed by atoms with Crippen LogP contribution < -0.4 is 10.2 Å². The van der Waals surface area contributed by atoms with Crippen LogP contribution in [0.3, 0.4) is 0 Å². The zero-order valence-corrected chi connectivity index (χ0v) is 14.9. The van der Waals surface area contributed by atoms with Gasteiger partial charge in [-0.15, -0.1) is 0 Å². The normalized spacial score (nSPS) is 10.4. The Labute approximate surface area is 143 Å². The molecular formula is C20H24N2O2. The first kappa shape index (κ1) is 17.7. The second-order valence-electron chi connectivity index (χ2n) is 6.32. The summed E-state index contributed by atoms with van der Waals surface area (Å²) in [5.74, 6) is -0.367. The van der Waals surface area contributed by atoms with E-state index < -0.39 is 0 Å². The van der Waals surface area contributed by atoms with Gasteiger partial charge in [0.05, 0.1) is 0 Å². The predicted octanol–water partition coefficient (Wildman–Crippen LogP) is 3.91. The summed E-state index contributed by atoms with van der Waals surface area (Å²) in [6, 6.07) is 11.8. The first-order chi connectivity index (χ1) is 11.3. The summed E-state index contributed by atoms with van der Waals surface area (Å²) in [6.07, 6.45) is 0. The number of rotatable bonds is 4. The maximum absolute atomic E-state index is 12.4. The highest BCUT2D eigenvalue weighted by atomic mass is 16.2. The van der Waals surface area contributed by atoms with Crippen molar-refractivity contribution in [2.75, 3.05) is 16.8 Å². The molecule has 4 heteroatoms. The number of carbonyl (C=O) groups is 2. The van der Waals surface area contributed by atoms with Crippen molar-refractivity contribution < 1.29 is 9.59 Å². The zero-order valence-electron chi connectivity index (χ0n) is 14.9. The molecule has 0 fully saturated rings. The molecule has 24 heavy (non-hydrogen) atoms.